The molecule has 1 saturated carbocycles. The summed E-state index contributed by atoms with van der Waals surface area (Å²) in [5, 5.41) is 3.39. The molecule has 1 unspecified atom stereocenters. The van der Waals surface area contributed by atoms with Gasteiger partial charge in [-0.15, -0.1) is 0 Å². The van der Waals surface area contributed by atoms with Crippen LogP contribution in [0.2, 0.25) is 0 Å². The van der Waals surface area contributed by atoms with Gasteiger partial charge in [-0.3, -0.25) is 10.1 Å². The predicted octanol–water partition coefficient (Wildman–Crippen LogP) is 1.54. The molecule has 0 heterocycles. The zero-order chi connectivity index (χ0) is 13.2. The van der Waals surface area contributed by atoms with Crippen molar-refractivity contribution in [3.8, 4) is 5.75 Å². The number of hydrogen-bond donors (Lipinski definition) is 2. The zero-order valence-electron chi connectivity index (χ0n) is 10.9. The third-order valence-electron chi connectivity index (χ3n) is 3.56. The maximum absolute atomic E-state index is 11.9. The second-order valence-electron chi connectivity index (χ2n) is 4.77. The van der Waals surface area contributed by atoms with Crippen LogP contribution < -0.4 is 15.8 Å². The van der Waals surface area contributed by atoms with Crippen molar-refractivity contribution >= 4 is 5.91 Å². The van der Waals surface area contributed by atoms with E-state index in [9.17, 15) is 4.79 Å². The Morgan fingerprint density at radius 2 is 2.06 bits per heavy atom. The van der Waals surface area contributed by atoms with E-state index in [-0.39, 0.29) is 5.91 Å². The van der Waals surface area contributed by atoms with Crippen LogP contribution in [-0.4, -0.2) is 19.1 Å². The number of amides is 1. The average Bonchev–Trinajstić information content (AvgIpc) is 3.19. The minimum atomic E-state index is -0.757. The van der Waals surface area contributed by atoms with Crippen molar-refractivity contribution in [3.05, 3.63) is 29.8 Å². The van der Waals surface area contributed by atoms with E-state index in [4.69, 9.17) is 10.5 Å². The van der Waals surface area contributed by atoms with Gasteiger partial charge in [-0.25, -0.2) is 0 Å². The third kappa shape index (κ3) is 2.34. The first-order valence-corrected chi connectivity index (χ1v) is 6.34. The van der Waals surface area contributed by atoms with Crippen LogP contribution >= 0.6 is 0 Å². The van der Waals surface area contributed by atoms with Crippen molar-refractivity contribution in [2.24, 2.45) is 5.73 Å². The van der Waals surface area contributed by atoms with Gasteiger partial charge in [0.25, 0.3) is 0 Å². The van der Waals surface area contributed by atoms with E-state index in [2.05, 4.69) is 5.32 Å². The van der Waals surface area contributed by atoms with Crippen LogP contribution in [0, 0.1) is 0 Å². The first-order chi connectivity index (χ1) is 8.62. The quantitative estimate of drug-likeness (QED) is 0.802. The number of benzene rings is 1. The Bertz CT molecular complexity index is 426. The number of rotatable bonds is 6. The summed E-state index contributed by atoms with van der Waals surface area (Å²) in [6, 6.07) is 7.94. The van der Waals surface area contributed by atoms with Gasteiger partial charge in [-0.05, 0) is 37.0 Å². The van der Waals surface area contributed by atoms with Crippen LogP contribution in [0.25, 0.3) is 0 Å². The fourth-order valence-electron chi connectivity index (χ4n) is 2.23. The maximum Gasteiger partial charge on any atom is 0.242 e. The van der Waals surface area contributed by atoms with Crippen molar-refractivity contribution < 1.29 is 9.53 Å². The maximum atomic E-state index is 11.9. The molecule has 0 saturated heterocycles. The standard InChI is InChI=1S/C14H20N2O2/c1-3-14(13(15)17,16-11-6-7-11)10-4-8-12(18-2)9-5-10/h4-5,8-9,11,16H,3,6-7H2,1-2H3,(H2,15,17). The first-order valence-electron chi connectivity index (χ1n) is 6.34. The van der Waals surface area contributed by atoms with E-state index in [1.54, 1.807) is 7.11 Å². The molecule has 0 spiro atoms. The van der Waals surface area contributed by atoms with E-state index in [0.717, 1.165) is 24.2 Å². The molecule has 1 amide bonds. The fourth-order valence-corrected chi connectivity index (χ4v) is 2.23. The smallest absolute Gasteiger partial charge is 0.242 e. The Balaban J connectivity index is 2.33. The molecule has 4 nitrogen and oxygen atoms in total. The molecule has 98 valence electrons. The molecule has 1 aliphatic carbocycles. The minimum Gasteiger partial charge on any atom is -0.497 e. The first kappa shape index (κ1) is 12.9. The van der Waals surface area contributed by atoms with Crippen molar-refractivity contribution in [2.45, 2.75) is 37.8 Å². The molecular weight excluding hydrogens is 228 g/mol. The largest absolute Gasteiger partial charge is 0.497 e. The second-order valence-corrected chi connectivity index (χ2v) is 4.77. The number of ether oxygens (including phenoxy) is 1. The van der Waals surface area contributed by atoms with Crippen LogP contribution in [0.5, 0.6) is 5.75 Å². The lowest BCUT2D eigenvalue weighted by atomic mass is 9.86. The molecule has 4 heteroatoms. The number of methoxy groups -OCH3 is 1. The van der Waals surface area contributed by atoms with E-state index in [1.165, 1.54) is 0 Å². The summed E-state index contributed by atoms with van der Waals surface area (Å²) in [5.41, 5.74) is 5.78. The number of carbonyl (C=O) groups excluding carboxylic acids is 1. The summed E-state index contributed by atoms with van der Waals surface area (Å²) in [5.74, 6) is 0.460. The van der Waals surface area contributed by atoms with Crippen molar-refractivity contribution in [1.82, 2.24) is 5.32 Å². The van der Waals surface area contributed by atoms with Gasteiger partial charge in [0, 0.05) is 6.04 Å². The Labute approximate surface area is 108 Å². The van der Waals surface area contributed by atoms with Crippen LogP contribution in [0.3, 0.4) is 0 Å². The van der Waals surface area contributed by atoms with E-state index in [0.29, 0.717) is 12.5 Å². The highest BCUT2D eigenvalue weighted by atomic mass is 16.5. The summed E-state index contributed by atoms with van der Waals surface area (Å²) in [7, 11) is 1.62. The normalized spacial score (nSPS) is 18.1. The topological polar surface area (TPSA) is 64.3 Å². The molecular formula is C14H20N2O2. The molecule has 2 rings (SSSR count). The van der Waals surface area contributed by atoms with Crippen LogP contribution in [0.15, 0.2) is 24.3 Å². The second kappa shape index (κ2) is 4.98. The molecule has 1 aromatic rings. The zero-order valence-corrected chi connectivity index (χ0v) is 10.9. The lowest BCUT2D eigenvalue weighted by molar-refractivity contribution is -0.125. The monoisotopic (exact) mass is 248 g/mol. The molecule has 18 heavy (non-hydrogen) atoms. The number of nitrogens with two attached hydrogens (primary N) is 1. The lowest BCUT2D eigenvalue weighted by Crippen LogP contribution is -2.53. The van der Waals surface area contributed by atoms with Crippen LogP contribution in [0.4, 0.5) is 0 Å². The average molecular weight is 248 g/mol. The Hall–Kier alpha value is -1.55. The fraction of sp³-hybridized carbons (Fsp3) is 0.500. The Morgan fingerprint density at radius 1 is 1.44 bits per heavy atom. The highest BCUT2D eigenvalue weighted by Gasteiger charge is 2.41. The minimum absolute atomic E-state index is 0.318. The number of nitrogens with one attached hydrogen (secondary N) is 1. The van der Waals surface area contributed by atoms with Crippen LogP contribution in [-0.2, 0) is 10.3 Å². The van der Waals surface area contributed by atoms with Gasteiger partial charge < -0.3 is 10.5 Å². The molecule has 0 aromatic heterocycles. The highest BCUT2D eigenvalue weighted by Crippen LogP contribution is 2.32. The highest BCUT2D eigenvalue weighted by molar-refractivity contribution is 5.86. The van der Waals surface area contributed by atoms with Gasteiger partial charge in [0.2, 0.25) is 5.91 Å². The van der Waals surface area contributed by atoms with Gasteiger partial charge in [0.05, 0.1) is 7.11 Å². The summed E-state index contributed by atoms with van der Waals surface area (Å²) in [6.45, 7) is 1.98. The molecule has 1 aromatic carbocycles. The van der Waals surface area contributed by atoms with Crippen molar-refractivity contribution in [3.63, 3.8) is 0 Å². The molecule has 0 aliphatic heterocycles. The SMILES string of the molecule is CCC(NC1CC1)(C(N)=O)c1ccc(OC)cc1. The van der Waals surface area contributed by atoms with Gasteiger partial charge in [-0.1, -0.05) is 19.1 Å². The lowest BCUT2D eigenvalue weighted by Gasteiger charge is -2.31. The summed E-state index contributed by atoms with van der Waals surface area (Å²) >= 11 is 0. The van der Waals surface area contributed by atoms with Crippen molar-refractivity contribution in [1.29, 1.82) is 0 Å². The van der Waals surface area contributed by atoms with E-state index >= 15 is 0 Å². The number of hydrogen-bond acceptors (Lipinski definition) is 3. The molecule has 0 radical (unpaired) electrons. The molecule has 1 atom stereocenters. The van der Waals surface area contributed by atoms with Crippen LogP contribution in [0.1, 0.15) is 31.7 Å². The van der Waals surface area contributed by atoms with Crippen molar-refractivity contribution in [2.75, 3.05) is 7.11 Å². The Morgan fingerprint density at radius 3 is 2.44 bits per heavy atom. The molecule has 0 bridgehead atoms. The van der Waals surface area contributed by atoms with Gasteiger partial charge in [-0.2, -0.15) is 0 Å². The summed E-state index contributed by atoms with van der Waals surface area (Å²) in [4.78, 5) is 11.9. The van der Waals surface area contributed by atoms with Gasteiger partial charge in [0.15, 0.2) is 0 Å². The summed E-state index contributed by atoms with van der Waals surface area (Å²) in [6.07, 6.45) is 2.88. The van der Waals surface area contributed by atoms with Gasteiger partial charge >= 0.3 is 0 Å². The Kier molecular flexibility index (Phi) is 3.57. The summed E-state index contributed by atoms with van der Waals surface area (Å²) < 4.78 is 5.13. The van der Waals surface area contributed by atoms with E-state index in [1.807, 2.05) is 31.2 Å². The number of carbonyl (C=O) groups is 1. The van der Waals surface area contributed by atoms with Gasteiger partial charge in [0.1, 0.15) is 11.3 Å². The van der Waals surface area contributed by atoms with E-state index < -0.39 is 5.54 Å². The molecule has 1 aliphatic rings. The number of primary amides is 1. The molecule has 3 N–H and O–H groups in total. The molecule has 1 fully saturated rings. The predicted molar refractivity (Wildman–Crippen MR) is 70.3 cm³/mol. The third-order valence-corrected chi connectivity index (χ3v) is 3.56.